The van der Waals surface area contributed by atoms with Crippen LogP contribution in [0.2, 0.25) is 0 Å². The van der Waals surface area contributed by atoms with Gasteiger partial charge in [0.1, 0.15) is 23.9 Å². The highest BCUT2D eigenvalue weighted by Crippen LogP contribution is 2.41. The van der Waals surface area contributed by atoms with Crippen LogP contribution in [0, 0.1) is 13.8 Å². The van der Waals surface area contributed by atoms with Crippen LogP contribution in [0.15, 0.2) is 72.3 Å². The summed E-state index contributed by atoms with van der Waals surface area (Å²) in [6.45, 7) is 4.99. The topological polar surface area (TPSA) is 79.3 Å². The van der Waals surface area contributed by atoms with Gasteiger partial charge in [-0.25, -0.2) is 0 Å². The quantitative estimate of drug-likeness (QED) is 0.249. The van der Waals surface area contributed by atoms with E-state index in [4.69, 9.17) is 9.47 Å². The minimum atomic E-state index is -0.753. The molecule has 0 aliphatic carbocycles. The lowest BCUT2D eigenvalue weighted by Crippen LogP contribution is -2.35. The number of carbonyl (C=O) groups is 2. The van der Waals surface area contributed by atoms with Crippen molar-refractivity contribution in [2.24, 2.45) is 0 Å². The van der Waals surface area contributed by atoms with Crippen LogP contribution >= 0.6 is 0 Å². The maximum absolute atomic E-state index is 13.4. The number of ketones is 1. The Bertz CT molecular complexity index is 1360. The number of likely N-dealkylation sites (tertiary alicyclic amines) is 1. The summed E-state index contributed by atoms with van der Waals surface area (Å²) < 4.78 is 11.4. The molecular weight excluding hydrogens is 480 g/mol. The van der Waals surface area contributed by atoms with Crippen LogP contribution in [0.4, 0.5) is 0 Å². The number of benzene rings is 3. The molecule has 7 nitrogen and oxygen atoms in total. The molecule has 1 heterocycles. The molecule has 1 unspecified atom stereocenters. The van der Waals surface area contributed by atoms with Crippen LogP contribution in [-0.4, -0.2) is 60.9 Å². The summed E-state index contributed by atoms with van der Waals surface area (Å²) in [4.78, 5) is 30.1. The molecule has 1 atom stereocenters. The fourth-order valence-corrected chi connectivity index (χ4v) is 4.69. The second-order valence-electron chi connectivity index (χ2n) is 9.78. The van der Waals surface area contributed by atoms with E-state index in [0.29, 0.717) is 42.3 Å². The standard InChI is InChI=1S/C31H34N2O5/c1-20-17-26(37-5)21(2)16-25(20)29(34)27-28(33(15-14-32(3)4)31(36)30(27)35)23-12-9-13-24(18-23)38-19-22-10-7-6-8-11-22/h6-13,16-18,28,34H,14-15,19H2,1-5H3/b29-27+. The second kappa shape index (κ2) is 11.5. The van der Waals surface area contributed by atoms with Crippen molar-refractivity contribution in [2.45, 2.75) is 26.5 Å². The molecule has 0 bridgehead atoms. The van der Waals surface area contributed by atoms with E-state index in [1.54, 1.807) is 13.2 Å². The minimum Gasteiger partial charge on any atom is -0.507 e. The number of methoxy groups -OCH3 is 1. The van der Waals surface area contributed by atoms with Gasteiger partial charge in [0.05, 0.1) is 18.7 Å². The number of Topliss-reactive ketones (excluding diaryl/α,β-unsaturated/α-hetero) is 1. The van der Waals surface area contributed by atoms with Gasteiger partial charge in [-0.3, -0.25) is 9.59 Å². The molecule has 198 valence electrons. The van der Waals surface area contributed by atoms with Gasteiger partial charge in [0, 0.05) is 18.7 Å². The van der Waals surface area contributed by atoms with Crippen LogP contribution in [0.3, 0.4) is 0 Å². The van der Waals surface area contributed by atoms with Crippen molar-refractivity contribution in [1.82, 2.24) is 9.80 Å². The van der Waals surface area contributed by atoms with Crippen molar-refractivity contribution in [1.29, 1.82) is 0 Å². The summed E-state index contributed by atoms with van der Waals surface area (Å²) in [5.41, 5.74) is 3.84. The normalized spacial score (nSPS) is 16.8. The number of aliphatic hydroxyl groups excluding tert-OH is 1. The number of carbonyl (C=O) groups excluding carboxylic acids is 2. The first kappa shape index (κ1) is 26.9. The van der Waals surface area contributed by atoms with E-state index in [1.165, 1.54) is 4.90 Å². The molecule has 0 saturated carbocycles. The number of hydrogen-bond donors (Lipinski definition) is 1. The second-order valence-corrected chi connectivity index (χ2v) is 9.78. The summed E-state index contributed by atoms with van der Waals surface area (Å²) in [5.74, 6) is -0.225. The predicted octanol–water partition coefficient (Wildman–Crippen LogP) is 4.87. The molecule has 3 aromatic carbocycles. The van der Waals surface area contributed by atoms with Crippen LogP contribution < -0.4 is 9.47 Å². The molecule has 1 fully saturated rings. The smallest absolute Gasteiger partial charge is 0.295 e. The van der Waals surface area contributed by atoms with Gasteiger partial charge in [0.2, 0.25) is 0 Å². The maximum Gasteiger partial charge on any atom is 0.295 e. The van der Waals surface area contributed by atoms with E-state index in [9.17, 15) is 14.7 Å². The number of amides is 1. The number of aryl methyl sites for hydroxylation is 2. The molecule has 7 heteroatoms. The van der Waals surface area contributed by atoms with Crippen molar-refractivity contribution in [2.75, 3.05) is 34.3 Å². The summed E-state index contributed by atoms with van der Waals surface area (Å²) in [6, 6.07) is 20.1. The first-order valence-corrected chi connectivity index (χ1v) is 12.6. The van der Waals surface area contributed by atoms with Gasteiger partial charge in [-0.1, -0.05) is 42.5 Å². The van der Waals surface area contributed by atoms with Crippen molar-refractivity contribution in [3.8, 4) is 11.5 Å². The number of nitrogens with zero attached hydrogens (tertiary/aromatic N) is 2. The van der Waals surface area contributed by atoms with E-state index < -0.39 is 17.7 Å². The summed E-state index contributed by atoms with van der Waals surface area (Å²) in [7, 11) is 5.41. The van der Waals surface area contributed by atoms with Gasteiger partial charge >= 0.3 is 0 Å². The minimum absolute atomic E-state index is 0.0710. The Hall–Kier alpha value is -4.10. The Labute approximate surface area is 223 Å². The molecule has 3 aromatic rings. The van der Waals surface area contributed by atoms with Crippen molar-refractivity contribution in [3.05, 3.63) is 100 Å². The molecule has 38 heavy (non-hydrogen) atoms. The summed E-state index contributed by atoms with van der Waals surface area (Å²) in [5, 5.41) is 11.5. The van der Waals surface area contributed by atoms with Gasteiger partial charge in [-0.05, 0) is 74.5 Å². The third-order valence-electron chi connectivity index (χ3n) is 6.75. The maximum atomic E-state index is 13.4. The van der Waals surface area contributed by atoms with Crippen molar-refractivity contribution < 1.29 is 24.2 Å². The zero-order valence-corrected chi connectivity index (χ0v) is 22.5. The predicted molar refractivity (Wildman–Crippen MR) is 147 cm³/mol. The molecule has 1 aliphatic heterocycles. The highest BCUT2D eigenvalue weighted by Gasteiger charge is 2.46. The van der Waals surface area contributed by atoms with Crippen LogP contribution in [0.25, 0.3) is 5.76 Å². The molecule has 1 aliphatic rings. The number of likely N-dealkylation sites (N-methyl/N-ethyl adjacent to an activating group) is 1. The Kier molecular flexibility index (Phi) is 8.17. The molecule has 0 spiro atoms. The third kappa shape index (κ3) is 5.58. The first-order chi connectivity index (χ1) is 18.2. The van der Waals surface area contributed by atoms with Crippen molar-refractivity contribution in [3.63, 3.8) is 0 Å². The molecule has 4 rings (SSSR count). The van der Waals surface area contributed by atoms with Gasteiger partial charge in [0.15, 0.2) is 0 Å². The van der Waals surface area contributed by atoms with Crippen LogP contribution in [0.1, 0.15) is 33.9 Å². The van der Waals surface area contributed by atoms with Crippen LogP contribution in [-0.2, 0) is 16.2 Å². The van der Waals surface area contributed by atoms with E-state index in [-0.39, 0.29) is 11.3 Å². The Morgan fingerprint density at radius 1 is 0.974 bits per heavy atom. The zero-order chi connectivity index (χ0) is 27.4. The summed E-state index contributed by atoms with van der Waals surface area (Å²) >= 11 is 0. The summed E-state index contributed by atoms with van der Waals surface area (Å²) in [6.07, 6.45) is 0. The fourth-order valence-electron chi connectivity index (χ4n) is 4.69. The Morgan fingerprint density at radius 2 is 1.71 bits per heavy atom. The lowest BCUT2D eigenvalue weighted by molar-refractivity contribution is -0.140. The average Bonchev–Trinajstić information content (AvgIpc) is 3.17. The zero-order valence-electron chi connectivity index (χ0n) is 22.5. The van der Waals surface area contributed by atoms with Gasteiger partial charge in [0.25, 0.3) is 11.7 Å². The third-order valence-corrected chi connectivity index (χ3v) is 6.75. The van der Waals surface area contributed by atoms with Gasteiger partial charge < -0.3 is 24.4 Å². The molecule has 0 radical (unpaired) electrons. The number of ether oxygens (including phenoxy) is 2. The SMILES string of the molecule is COc1cc(C)c(/C(O)=C2\C(=O)C(=O)N(CCN(C)C)C2c2cccc(OCc3ccccc3)c2)cc1C. The largest absolute Gasteiger partial charge is 0.507 e. The van der Waals surface area contributed by atoms with Gasteiger partial charge in [-0.15, -0.1) is 0 Å². The van der Waals surface area contributed by atoms with Gasteiger partial charge in [-0.2, -0.15) is 0 Å². The lowest BCUT2D eigenvalue weighted by Gasteiger charge is -2.27. The molecule has 0 aromatic heterocycles. The Balaban J connectivity index is 1.79. The highest BCUT2D eigenvalue weighted by molar-refractivity contribution is 6.46. The van der Waals surface area contributed by atoms with Crippen LogP contribution in [0.5, 0.6) is 11.5 Å². The number of rotatable bonds is 9. The van der Waals surface area contributed by atoms with E-state index in [1.807, 2.05) is 93.5 Å². The first-order valence-electron chi connectivity index (χ1n) is 12.6. The highest BCUT2D eigenvalue weighted by atomic mass is 16.5. The molecular formula is C31H34N2O5. The lowest BCUT2D eigenvalue weighted by atomic mass is 9.93. The van der Waals surface area contributed by atoms with E-state index >= 15 is 0 Å². The molecule has 1 saturated heterocycles. The number of hydrogen-bond acceptors (Lipinski definition) is 6. The Morgan fingerprint density at radius 3 is 2.39 bits per heavy atom. The molecule has 1 amide bonds. The van der Waals surface area contributed by atoms with E-state index in [2.05, 4.69) is 0 Å². The fraction of sp³-hybridized carbons (Fsp3) is 0.290. The number of aliphatic hydroxyl groups is 1. The average molecular weight is 515 g/mol. The monoisotopic (exact) mass is 514 g/mol. The van der Waals surface area contributed by atoms with E-state index in [0.717, 1.165) is 16.7 Å². The van der Waals surface area contributed by atoms with Crippen molar-refractivity contribution >= 4 is 17.4 Å². The molecule has 1 N–H and O–H groups in total.